The van der Waals surface area contributed by atoms with E-state index in [0.717, 1.165) is 24.1 Å². The van der Waals surface area contributed by atoms with Crippen molar-refractivity contribution in [2.75, 3.05) is 0 Å². The normalized spacial score (nSPS) is 14.2. The Bertz CT molecular complexity index is 999. The first-order chi connectivity index (χ1) is 13.6. The zero-order valence-corrected chi connectivity index (χ0v) is 15.8. The van der Waals surface area contributed by atoms with Crippen molar-refractivity contribution in [3.63, 3.8) is 0 Å². The molecule has 0 bridgehead atoms. The first kappa shape index (κ1) is 18.6. The van der Waals surface area contributed by atoms with Gasteiger partial charge in [-0.05, 0) is 48.2 Å². The van der Waals surface area contributed by atoms with Crippen LogP contribution in [0.25, 0.3) is 11.1 Å². The second-order valence-corrected chi connectivity index (χ2v) is 7.23. The predicted molar refractivity (Wildman–Crippen MR) is 107 cm³/mol. The molecule has 0 aliphatic heterocycles. The van der Waals surface area contributed by atoms with Crippen molar-refractivity contribution in [1.82, 2.24) is 0 Å². The third-order valence-corrected chi connectivity index (χ3v) is 4.97. The SMILES string of the molecule is Fc1ccc(CO/N=C(/c2ccc(Cl)cc2)C2CC2)c(F)c1-c1ccccc1. The van der Waals surface area contributed by atoms with Crippen LogP contribution < -0.4 is 0 Å². The van der Waals surface area contributed by atoms with E-state index in [1.165, 1.54) is 12.1 Å². The van der Waals surface area contributed by atoms with Gasteiger partial charge >= 0.3 is 0 Å². The first-order valence-electron chi connectivity index (χ1n) is 9.11. The van der Waals surface area contributed by atoms with Gasteiger partial charge < -0.3 is 4.84 Å². The van der Waals surface area contributed by atoms with E-state index in [2.05, 4.69) is 5.16 Å². The summed E-state index contributed by atoms with van der Waals surface area (Å²) in [5, 5.41) is 4.91. The highest BCUT2D eigenvalue weighted by atomic mass is 35.5. The highest BCUT2D eigenvalue weighted by Gasteiger charge is 2.29. The van der Waals surface area contributed by atoms with E-state index in [-0.39, 0.29) is 17.7 Å². The van der Waals surface area contributed by atoms with E-state index in [1.807, 2.05) is 12.1 Å². The van der Waals surface area contributed by atoms with Crippen molar-refractivity contribution in [3.05, 3.63) is 94.5 Å². The molecule has 0 heterocycles. The lowest BCUT2D eigenvalue weighted by molar-refractivity contribution is 0.127. The van der Waals surface area contributed by atoms with Gasteiger partial charge in [-0.2, -0.15) is 0 Å². The molecule has 0 atom stereocenters. The van der Waals surface area contributed by atoms with Crippen molar-refractivity contribution >= 4 is 17.3 Å². The van der Waals surface area contributed by atoms with Crippen molar-refractivity contribution in [2.45, 2.75) is 19.4 Å². The van der Waals surface area contributed by atoms with Crippen LogP contribution in [-0.2, 0) is 11.4 Å². The maximum absolute atomic E-state index is 14.9. The minimum Gasteiger partial charge on any atom is -0.391 e. The molecule has 2 nitrogen and oxygen atoms in total. The molecule has 0 spiro atoms. The number of rotatable bonds is 6. The second kappa shape index (κ2) is 8.11. The van der Waals surface area contributed by atoms with Gasteiger partial charge in [0.05, 0.1) is 11.3 Å². The third-order valence-electron chi connectivity index (χ3n) is 4.72. The molecule has 142 valence electrons. The summed E-state index contributed by atoms with van der Waals surface area (Å²) in [4.78, 5) is 5.47. The van der Waals surface area contributed by atoms with Crippen LogP contribution in [-0.4, -0.2) is 5.71 Å². The number of oxime groups is 1. The quantitative estimate of drug-likeness (QED) is 0.338. The number of hydrogen-bond donors (Lipinski definition) is 0. The van der Waals surface area contributed by atoms with Gasteiger partial charge in [-0.1, -0.05) is 59.2 Å². The fourth-order valence-corrected chi connectivity index (χ4v) is 3.21. The van der Waals surface area contributed by atoms with Gasteiger partial charge in [0.2, 0.25) is 0 Å². The van der Waals surface area contributed by atoms with E-state index in [9.17, 15) is 8.78 Å². The summed E-state index contributed by atoms with van der Waals surface area (Å²) in [5.41, 5.74) is 2.47. The minimum absolute atomic E-state index is 0.0502. The van der Waals surface area contributed by atoms with Crippen LogP contribution >= 0.6 is 11.6 Å². The second-order valence-electron chi connectivity index (χ2n) is 6.79. The van der Waals surface area contributed by atoms with Crippen LogP contribution in [0.5, 0.6) is 0 Å². The maximum Gasteiger partial charge on any atom is 0.145 e. The predicted octanol–water partition coefficient (Wildman–Crippen LogP) is 6.62. The molecule has 0 saturated heterocycles. The Morgan fingerprint density at radius 1 is 0.964 bits per heavy atom. The Kier molecular flexibility index (Phi) is 5.40. The topological polar surface area (TPSA) is 21.6 Å². The van der Waals surface area contributed by atoms with Crippen LogP contribution in [0.15, 0.2) is 71.9 Å². The number of benzene rings is 3. The molecule has 1 aliphatic rings. The summed E-state index contributed by atoms with van der Waals surface area (Å²) in [6, 6.07) is 18.7. The van der Waals surface area contributed by atoms with Gasteiger partial charge in [-0.25, -0.2) is 8.78 Å². The highest BCUT2D eigenvalue weighted by molar-refractivity contribution is 6.30. The van der Waals surface area contributed by atoms with Crippen LogP contribution in [0.1, 0.15) is 24.0 Å². The van der Waals surface area contributed by atoms with E-state index in [4.69, 9.17) is 16.4 Å². The van der Waals surface area contributed by atoms with Gasteiger partial charge in [0.15, 0.2) is 0 Å². The highest BCUT2D eigenvalue weighted by Crippen LogP contribution is 2.34. The van der Waals surface area contributed by atoms with Crippen LogP contribution in [0.2, 0.25) is 5.02 Å². The fourth-order valence-electron chi connectivity index (χ4n) is 3.09. The Hall–Kier alpha value is -2.72. The van der Waals surface area contributed by atoms with E-state index in [1.54, 1.807) is 42.5 Å². The van der Waals surface area contributed by atoms with E-state index < -0.39 is 11.6 Å². The van der Waals surface area contributed by atoms with Crippen molar-refractivity contribution in [2.24, 2.45) is 11.1 Å². The molecule has 0 aromatic heterocycles. The third kappa shape index (κ3) is 4.07. The average molecular weight is 398 g/mol. The summed E-state index contributed by atoms with van der Waals surface area (Å²) in [5.74, 6) is -0.879. The zero-order valence-electron chi connectivity index (χ0n) is 15.0. The molecular formula is C23H18ClF2NO. The molecular weight excluding hydrogens is 380 g/mol. The summed E-state index contributed by atoms with van der Waals surface area (Å²) in [7, 11) is 0. The monoisotopic (exact) mass is 397 g/mol. The molecule has 3 aromatic carbocycles. The maximum atomic E-state index is 14.9. The molecule has 0 N–H and O–H groups in total. The molecule has 0 amide bonds. The first-order valence-corrected chi connectivity index (χ1v) is 9.49. The Balaban J connectivity index is 1.56. The largest absolute Gasteiger partial charge is 0.391 e. The molecule has 1 fully saturated rings. The zero-order chi connectivity index (χ0) is 19.5. The Morgan fingerprint density at radius 2 is 1.68 bits per heavy atom. The molecule has 0 unspecified atom stereocenters. The van der Waals surface area contributed by atoms with Crippen LogP contribution in [0.3, 0.4) is 0 Å². The lowest BCUT2D eigenvalue weighted by Crippen LogP contribution is -2.05. The van der Waals surface area contributed by atoms with Crippen molar-refractivity contribution in [3.8, 4) is 11.1 Å². The number of hydrogen-bond acceptors (Lipinski definition) is 2. The lowest BCUT2D eigenvalue weighted by Gasteiger charge is -2.10. The number of halogens is 3. The number of nitrogens with zero attached hydrogens (tertiary/aromatic N) is 1. The summed E-state index contributed by atoms with van der Waals surface area (Å²) in [6.07, 6.45) is 2.10. The lowest BCUT2D eigenvalue weighted by atomic mass is 10.0. The van der Waals surface area contributed by atoms with Crippen molar-refractivity contribution < 1.29 is 13.6 Å². The van der Waals surface area contributed by atoms with Gasteiger partial charge in [0.25, 0.3) is 0 Å². The minimum atomic E-state index is -0.624. The van der Waals surface area contributed by atoms with E-state index >= 15 is 0 Å². The van der Waals surface area contributed by atoms with Gasteiger partial charge in [-0.3, -0.25) is 0 Å². The molecule has 5 heteroatoms. The molecule has 28 heavy (non-hydrogen) atoms. The molecule has 4 rings (SSSR count). The van der Waals surface area contributed by atoms with Crippen molar-refractivity contribution in [1.29, 1.82) is 0 Å². The molecule has 0 radical (unpaired) electrons. The Morgan fingerprint density at radius 3 is 2.36 bits per heavy atom. The van der Waals surface area contributed by atoms with Crippen LogP contribution in [0.4, 0.5) is 8.78 Å². The Labute approximate surface area is 167 Å². The fraction of sp³-hybridized carbons (Fsp3) is 0.174. The van der Waals surface area contributed by atoms with Gasteiger partial charge in [0, 0.05) is 16.5 Å². The average Bonchev–Trinajstić information content (AvgIpc) is 3.54. The van der Waals surface area contributed by atoms with Crippen LogP contribution in [0, 0.1) is 17.6 Å². The summed E-state index contributed by atoms with van der Waals surface area (Å²) >= 11 is 5.95. The molecule has 1 saturated carbocycles. The van der Waals surface area contributed by atoms with E-state index in [0.29, 0.717) is 16.5 Å². The van der Waals surface area contributed by atoms with Gasteiger partial charge in [0.1, 0.15) is 18.2 Å². The summed E-state index contributed by atoms with van der Waals surface area (Å²) in [6.45, 7) is -0.0737. The van der Waals surface area contributed by atoms with Gasteiger partial charge in [-0.15, -0.1) is 0 Å². The molecule has 1 aliphatic carbocycles. The summed E-state index contributed by atoms with van der Waals surface area (Å²) < 4.78 is 29.1. The molecule has 3 aromatic rings. The smallest absolute Gasteiger partial charge is 0.145 e. The standard InChI is InChI=1S/C23H18ClF2NO/c24-19-11-8-17(9-12-19)23(16-6-7-16)27-28-14-18-10-13-20(25)21(22(18)26)15-4-2-1-3-5-15/h1-5,8-13,16H,6-7,14H2/b27-23+.